The number of carboxylic acids is 1. The van der Waals surface area contributed by atoms with E-state index in [0.717, 1.165) is 15.6 Å². The number of hydrogen-bond acceptors (Lipinski definition) is 3. The zero-order chi connectivity index (χ0) is 12.3. The van der Waals surface area contributed by atoms with Crippen molar-refractivity contribution in [1.29, 1.82) is 0 Å². The third-order valence-corrected chi connectivity index (χ3v) is 2.95. The molecule has 0 spiro atoms. The molecule has 0 bridgehead atoms. The van der Waals surface area contributed by atoms with Crippen molar-refractivity contribution in [2.75, 3.05) is 7.11 Å². The molecule has 3 N–H and O–H groups in total. The lowest BCUT2D eigenvalue weighted by molar-refractivity contribution is -0.137. The molecule has 0 saturated heterocycles. The summed E-state index contributed by atoms with van der Waals surface area (Å²) in [7, 11) is 1.58. The van der Waals surface area contributed by atoms with Crippen molar-refractivity contribution in [2.45, 2.75) is 19.4 Å². The molecule has 0 saturated carbocycles. The average molecular weight is 288 g/mol. The van der Waals surface area contributed by atoms with E-state index in [1.54, 1.807) is 7.11 Å². The fourth-order valence-electron chi connectivity index (χ4n) is 1.52. The largest absolute Gasteiger partial charge is 0.496 e. The van der Waals surface area contributed by atoms with Crippen molar-refractivity contribution < 1.29 is 14.6 Å². The maximum Gasteiger partial charge on any atom is 0.305 e. The SMILES string of the molecule is COc1cc(C)c(C(N)CC(=O)O)cc1Br. The van der Waals surface area contributed by atoms with Crippen molar-refractivity contribution in [3.8, 4) is 5.75 Å². The standard InChI is InChI=1S/C11H14BrNO3/c1-6-3-10(16-2)8(12)4-7(6)9(13)5-11(14)15/h3-4,9H,5,13H2,1-2H3,(H,14,15). The molecule has 0 radical (unpaired) electrons. The Morgan fingerprint density at radius 1 is 1.62 bits per heavy atom. The quantitative estimate of drug-likeness (QED) is 0.891. The molecular formula is C11H14BrNO3. The lowest BCUT2D eigenvalue weighted by Gasteiger charge is -2.15. The van der Waals surface area contributed by atoms with Crippen LogP contribution in [0.4, 0.5) is 0 Å². The van der Waals surface area contributed by atoms with Crippen LogP contribution in [-0.4, -0.2) is 18.2 Å². The average Bonchev–Trinajstić information content (AvgIpc) is 2.19. The van der Waals surface area contributed by atoms with Crippen LogP contribution in [0.3, 0.4) is 0 Å². The van der Waals surface area contributed by atoms with Crippen LogP contribution in [-0.2, 0) is 4.79 Å². The van der Waals surface area contributed by atoms with Crippen molar-refractivity contribution in [3.05, 3.63) is 27.7 Å². The highest BCUT2D eigenvalue weighted by Gasteiger charge is 2.15. The van der Waals surface area contributed by atoms with Gasteiger partial charge in [0.1, 0.15) is 5.75 Å². The first-order valence-corrected chi connectivity index (χ1v) is 5.56. The van der Waals surface area contributed by atoms with Gasteiger partial charge in [0.05, 0.1) is 18.0 Å². The molecule has 16 heavy (non-hydrogen) atoms. The molecule has 5 heteroatoms. The van der Waals surface area contributed by atoms with Gasteiger partial charge >= 0.3 is 5.97 Å². The van der Waals surface area contributed by atoms with Crippen molar-refractivity contribution in [1.82, 2.24) is 0 Å². The van der Waals surface area contributed by atoms with Crippen LogP contribution in [0.25, 0.3) is 0 Å². The van der Waals surface area contributed by atoms with Gasteiger partial charge < -0.3 is 15.6 Å². The molecule has 1 aromatic carbocycles. The molecule has 0 heterocycles. The third kappa shape index (κ3) is 2.96. The molecule has 1 unspecified atom stereocenters. The van der Waals surface area contributed by atoms with Crippen LogP contribution >= 0.6 is 15.9 Å². The predicted molar refractivity (Wildman–Crippen MR) is 64.6 cm³/mol. The van der Waals surface area contributed by atoms with Gasteiger partial charge in [-0.25, -0.2) is 0 Å². The molecule has 0 aliphatic carbocycles. The molecule has 1 aromatic rings. The van der Waals surface area contributed by atoms with Gasteiger partial charge in [-0.05, 0) is 46.1 Å². The highest BCUT2D eigenvalue weighted by atomic mass is 79.9. The van der Waals surface area contributed by atoms with Gasteiger partial charge in [-0.3, -0.25) is 4.79 Å². The summed E-state index contributed by atoms with van der Waals surface area (Å²) >= 11 is 3.35. The van der Waals surface area contributed by atoms with Crippen LogP contribution in [0.2, 0.25) is 0 Å². The first-order chi connectivity index (χ1) is 7.45. The van der Waals surface area contributed by atoms with Crippen molar-refractivity contribution >= 4 is 21.9 Å². The third-order valence-electron chi connectivity index (χ3n) is 2.33. The van der Waals surface area contributed by atoms with E-state index in [2.05, 4.69) is 15.9 Å². The smallest absolute Gasteiger partial charge is 0.305 e. The lowest BCUT2D eigenvalue weighted by atomic mass is 9.99. The maximum absolute atomic E-state index is 10.6. The second kappa shape index (κ2) is 5.32. The van der Waals surface area contributed by atoms with Gasteiger partial charge in [-0.2, -0.15) is 0 Å². The lowest BCUT2D eigenvalue weighted by Crippen LogP contribution is -2.16. The Morgan fingerprint density at radius 3 is 2.75 bits per heavy atom. The summed E-state index contributed by atoms with van der Waals surface area (Å²) in [5.74, 6) is -0.192. The number of nitrogens with two attached hydrogens (primary N) is 1. The number of methoxy groups -OCH3 is 1. The molecule has 0 aromatic heterocycles. The monoisotopic (exact) mass is 287 g/mol. The number of aryl methyl sites for hydroxylation is 1. The van der Waals surface area contributed by atoms with Crippen LogP contribution in [0, 0.1) is 6.92 Å². The maximum atomic E-state index is 10.6. The number of carbonyl (C=O) groups is 1. The molecule has 0 aliphatic heterocycles. The summed E-state index contributed by atoms with van der Waals surface area (Å²) < 4.78 is 5.91. The van der Waals surface area contributed by atoms with E-state index in [1.165, 1.54) is 0 Å². The number of aliphatic carboxylic acids is 1. The molecule has 1 rings (SSSR count). The molecular weight excluding hydrogens is 274 g/mol. The van der Waals surface area contributed by atoms with Gasteiger partial charge in [0.25, 0.3) is 0 Å². The fourth-order valence-corrected chi connectivity index (χ4v) is 2.05. The second-order valence-electron chi connectivity index (χ2n) is 3.55. The number of rotatable bonds is 4. The van der Waals surface area contributed by atoms with E-state index >= 15 is 0 Å². The summed E-state index contributed by atoms with van der Waals surface area (Å²) in [4.78, 5) is 10.6. The van der Waals surface area contributed by atoms with Crippen molar-refractivity contribution in [2.24, 2.45) is 5.73 Å². The van der Waals surface area contributed by atoms with Crippen LogP contribution in [0.15, 0.2) is 16.6 Å². The zero-order valence-electron chi connectivity index (χ0n) is 9.16. The minimum Gasteiger partial charge on any atom is -0.496 e. The molecule has 0 aliphatic rings. The normalized spacial score (nSPS) is 12.2. The Kier molecular flexibility index (Phi) is 4.32. The Balaban J connectivity index is 3.05. The highest BCUT2D eigenvalue weighted by Crippen LogP contribution is 2.31. The first-order valence-electron chi connectivity index (χ1n) is 4.77. The minimum absolute atomic E-state index is 0.0837. The Bertz CT molecular complexity index is 406. The van der Waals surface area contributed by atoms with Crippen LogP contribution in [0.5, 0.6) is 5.75 Å². The molecule has 0 fully saturated rings. The second-order valence-corrected chi connectivity index (χ2v) is 4.40. The molecule has 1 atom stereocenters. The summed E-state index contributed by atoms with van der Waals surface area (Å²) in [6.07, 6.45) is -0.0837. The number of benzene rings is 1. The molecule has 88 valence electrons. The Hall–Kier alpha value is -1.07. The summed E-state index contributed by atoms with van der Waals surface area (Å²) in [6.45, 7) is 1.88. The number of hydrogen-bond donors (Lipinski definition) is 2. The number of halogens is 1. The van der Waals surface area contributed by atoms with Crippen molar-refractivity contribution in [3.63, 3.8) is 0 Å². The fraction of sp³-hybridized carbons (Fsp3) is 0.364. The Morgan fingerprint density at radius 2 is 2.25 bits per heavy atom. The van der Waals surface area contributed by atoms with Crippen LogP contribution in [0.1, 0.15) is 23.6 Å². The number of ether oxygens (including phenoxy) is 1. The predicted octanol–water partition coefficient (Wildman–Crippen LogP) is 2.24. The van der Waals surface area contributed by atoms with Gasteiger partial charge in [0.2, 0.25) is 0 Å². The van der Waals surface area contributed by atoms with Gasteiger partial charge in [0, 0.05) is 6.04 Å². The highest BCUT2D eigenvalue weighted by molar-refractivity contribution is 9.10. The molecule has 4 nitrogen and oxygen atoms in total. The Labute approximate surface area is 103 Å². The number of carboxylic acid groups (broad SMARTS) is 1. The van der Waals surface area contributed by atoms with E-state index in [-0.39, 0.29) is 6.42 Å². The van der Waals surface area contributed by atoms with E-state index < -0.39 is 12.0 Å². The summed E-state index contributed by atoms with van der Waals surface area (Å²) in [6, 6.07) is 3.14. The van der Waals surface area contributed by atoms with E-state index in [9.17, 15) is 4.79 Å². The van der Waals surface area contributed by atoms with E-state index in [4.69, 9.17) is 15.6 Å². The van der Waals surface area contributed by atoms with E-state index in [1.807, 2.05) is 19.1 Å². The van der Waals surface area contributed by atoms with Gasteiger partial charge in [0.15, 0.2) is 0 Å². The topological polar surface area (TPSA) is 72.5 Å². The minimum atomic E-state index is -0.904. The van der Waals surface area contributed by atoms with E-state index in [0.29, 0.717) is 5.75 Å². The molecule has 0 amide bonds. The van der Waals surface area contributed by atoms with Crippen LogP contribution < -0.4 is 10.5 Å². The zero-order valence-corrected chi connectivity index (χ0v) is 10.7. The van der Waals surface area contributed by atoms with Gasteiger partial charge in [-0.1, -0.05) is 0 Å². The van der Waals surface area contributed by atoms with Gasteiger partial charge in [-0.15, -0.1) is 0 Å². The summed E-state index contributed by atoms with van der Waals surface area (Å²) in [5, 5.41) is 8.69. The summed E-state index contributed by atoms with van der Waals surface area (Å²) in [5.41, 5.74) is 7.55. The first kappa shape index (κ1) is 13.0.